The topological polar surface area (TPSA) is 121 Å². The molecule has 1 saturated heterocycles. The number of carbonyl (C=O) groups is 1. The summed E-state index contributed by atoms with van der Waals surface area (Å²) in [4.78, 5) is 38.9. The van der Waals surface area contributed by atoms with Gasteiger partial charge in [0.2, 0.25) is 11.7 Å². The minimum absolute atomic E-state index is 0.219. The monoisotopic (exact) mass is 326 g/mol. The third-order valence-electron chi connectivity index (χ3n) is 3.96. The summed E-state index contributed by atoms with van der Waals surface area (Å²) in [6, 6.07) is 5.13. The predicted molar refractivity (Wildman–Crippen MR) is 82.0 cm³/mol. The van der Waals surface area contributed by atoms with Gasteiger partial charge in [-0.2, -0.15) is 4.98 Å². The van der Waals surface area contributed by atoms with Gasteiger partial charge in [0.1, 0.15) is 17.4 Å². The third-order valence-corrected chi connectivity index (χ3v) is 3.96. The second kappa shape index (κ2) is 5.76. The molecule has 0 aliphatic carbocycles. The molecule has 3 aromatic rings. The molecule has 0 radical (unpaired) electrons. The number of imidazole rings is 1. The molecule has 0 saturated carbocycles. The molecule has 1 aliphatic rings. The lowest BCUT2D eigenvalue weighted by atomic mass is 10.2. The van der Waals surface area contributed by atoms with E-state index >= 15 is 0 Å². The van der Waals surface area contributed by atoms with Crippen molar-refractivity contribution >= 4 is 5.91 Å². The maximum Gasteiger partial charge on any atom is 0.323 e. The van der Waals surface area contributed by atoms with Crippen LogP contribution in [0.25, 0.3) is 11.5 Å². The van der Waals surface area contributed by atoms with Crippen molar-refractivity contribution < 1.29 is 9.32 Å². The summed E-state index contributed by atoms with van der Waals surface area (Å²) in [5, 5.41) is 3.95. The fourth-order valence-electron chi connectivity index (χ4n) is 2.84. The van der Waals surface area contributed by atoms with E-state index in [4.69, 9.17) is 4.52 Å². The largest absolute Gasteiger partial charge is 0.337 e. The SMILES string of the molecule is O=C(c1c[nH]c(=O)[nH]1)N1CCCC1c1nc(-c2ccccn2)no1. The highest BCUT2D eigenvalue weighted by molar-refractivity contribution is 5.92. The average molecular weight is 326 g/mol. The van der Waals surface area contributed by atoms with Gasteiger partial charge in [0, 0.05) is 18.9 Å². The lowest BCUT2D eigenvalue weighted by Gasteiger charge is -2.20. The Bertz CT molecular complexity index is 912. The first-order valence-corrected chi connectivity index (χ1v) is 7.56. The Morgan fingerprint density at radius 3 is 3.04 bits per heavy atom. The van der Waals surface area contributed by atoms with Gasteiger partial charge in [-0.05, 0) is 25.0 Å². The number of hydrogen-bond donors (Lipinski definition) is 2. The molecule has 4 rings (SSSR count). The molecule has 9 heteroatoms. The maximum atomic E-state index is 12.6. The Morgan fingerprint density at radius 2 is 2.29 bits per heavy atom. The predicted octanol–water partition coefficient (Wildman–Crippen LogP) is 1.13. The lowest BCUT2D eigenvalue weighted by molar-refractivity contribution is 0.0704. The maximum absolute atomic E-state index is 12.6. The van der Waals surface area contributed by atoms with Gasteiger partial charge >= 0.3 is 5.69 Å². The van der Waals surface area contributed by atoms with Gasteiger partial charge in [-0.1, -0.05) is 11.2 Å². The van der Waals surface area contributed by atoms with Crippen molar-refractivity contribution in [3.8, 4) is 11.5 Å². The van der Waals surface area contributed by atoms with E-state index < -0.39 is 5.69 Å². The molecule has 9 nitrogen and oxygen atoms in total. The van der Waals surface area contributed by atoms with Crippen LogP contribution in [0.2, 0.25) is 0 Å². The van der Waals surface area contributed by atoms with E-state index in [2.05, 4.69) is 25.1 Å². The zero-order valence-corrected chi connectivity index (χ0v) is 12.6. The zero-order valence-electron chi connectivity index (χ0n) is 12.6. The second-order valence-electron chi connectivity index (χ2n) is 5.48. The Balaban J connectivity index is 1.60. The van der Waals surface area contributed by atoms with E-state index in [1.54, 1.807) is 23.2 Å². The first-order chi connectivity index (χ1) is 11.7. The van der Waals surface area contributed by atoms with Crippen molar-refractivity contribution in [3.05, 3.63) is 52.7 Å². The lowest BCUT2D eigenvalue weighted by Crippen LogP contribution is -2.31. The molecule has 24 heavy (non-hydrogen) atoms. The van der Waals surface area contributed by atoms with Gasteiger partial charge in [-0.25, -0.2) is 4.79 Å². The first kappa shape index (κ1) is 14.4. The summed E-state index contributed by atoms with van der Waals surface area (Å²) < 4.78 is 5.35. The number of nitrogens with zero attached hydrogens (tertiary/aromatic N) is 4. The molecular formula is C15H14N6O3. The number of pyridine rings is 1. The summed E-state index contributed by atoms with van der Waals surface area (Å²) in [5.41, 5.74) is 0.416. The normalized spacial score (nSPS) is 17.3. The van der Waals surface area contributed by atoms with Gasteiger partial charge in [0.15, 0.2) is 0 Å². The number of amides is 1. The number of H-pyrrole nitrogens is 2. The number of nitrogens with one attached hydrogen (secondary N) is 2. The van der Waals surface area contributed by atoms with E-state index in [0.717, 1.165) is 12.8 Å². The molecule has 122 valence electrons. The summed E-state index contributed by atoms with van der Waals surface area (Å²) in [5.74, 6) is 0.493. The van der Waals surface area contributed by atoms with Crippen molar-refractivity contribution in [1.29, 1.82) is 0 Å². The Morgan fingerprint density at radius 1 is 1.38 bits per heavy atom. The van der Waals surface area contributed by atoms with Crippen LogP contribution in [0, 0.1) is 0 Å². The van der Waals surface area contributed by atoms with Gasteiger partial charge in [0.05, 0.1) is 0 Å². The van der Waals surface area contributed by atoms with Gasteiger partial charge in [-0.3, -0.25) is 9.78 Å². The first-order valence-electron chi connectivity index (χ1n) is 7.56. The molecule has 1 atom stereocenters. The number of rotatable bonds is 3. The van der Waals surface area contributed by atoms with Crippen LogP contribution in [0.3, 0.4) is 0 Å². The van der Waals surface area contributed by atoms with Crippen LogP contribution in [-0.4, -0.2) is 42.4 Å². The number of hydrogen-bond acceptors (Lipinski definition) is 6. The highest BCUT2D eigenvalue weighted by Crippen LogP contribution is 2.32. The third kappa shape index (κ3) is 2.49. The van der Waals surface area contributed by atoms with Crippen molar-refractivity contribution in [2.75, 3.05) is 6.54 Å². The molecule has 1 amide bonds. The number of carbonyl (C=O) groups excluding carboxylic acids is 1. The van der Waals surface area contributed by atoms with Crippen LogP contribution in [0.15, 0.2) is 39.9 Å². The van der Waals surface area contributed by atoms with Crippen LogP contribution in [-0.2, 0) is 0 Å². The standard InChI is InChI=1S/C15H14N6O3/c22-14(10-8-17-15(23)18-10)21-7-3-5-11(21)13-19-12(20-24-13)9-4-1-2-6-16-9/h1-2,4,6,8,11H,3,5,7H2,(H2,17,18,23). The fourth-order valence-corrected chi connectivity index (χ4v) is 2.84. The van der Waals surface area contributed by atoms with Crippen molar-refractivity contribution in [2.24, 2.45) is 0 Å². The summed E-state index contributed by atoms with van der Waals surface area (Å²) in [6.07, 6.45) is 4.57. The molecule has 1 unspecified atom stereocenters. The van der Waals surface area contributed by atoms with E-state index in [9.17, 15) is 9.59 Å². The van der Waals surface area contributed by atoms with E-state index in [1.165, 1.54) is 6.20 Å². The average Bonchev–Trinajstić information content (AvgIpc) is 3.34. The molecular weight excluding hydrogens is 312 g/mol. The second-order valence-corrected chi connectivity index (χ2v) is 5.48. The van der Waals surface area contributed by atoms with Crippen LogP contribution in [0.1, 0.15) is 35.3 Å². The number of likely N-dealkylation sites (tertiary alicyclic amines) is 1. The van der Waals surface area contributed by atoms with Crippen molar-refractivity contribution in [2.45, 2.75) is 18.9 Å². The smallest absolute Gasteiger partial charge is 0.323 e. The fraction of sp³-hybridized carbons (Fsp3) is 0.267. The minimum Gasteiger partial charge on any atom is -0.337 e. The van der Waals surface area contributed by atoms with E-state index in [-0.39, 0.29) is 17.6 Å². The van der Waals surface area contributed by atoms with Crippen molar-refractivity contribution in [3.63, 3.8) is 0 Å². The van der Waals surface area contributed by atoms with Crippen molar-refractivity contribution in [1.82, 2.24) is 30.0 Å². The summed E-state index contributed by atoms with van der Waals surface area (Å²) in [7, 11) is 0. The summed E-state index contributed by atoms with van der Waals surface area (Å²) >= 11 is 0. The highest BCUT2D eigenvalue weighted by atomic mass is 16.5. The van der Waals surface area contributed by atoms with Crippen LogP contribution < -0.4 is 5.69 Å². The van der Waals surface area contributed by atoms with Crippen LogP contribution in [0.4, 0.5) is 0 Å². The molecule has 1 fully saturated rings. The quantitative estimate of drug-likeness (QED) is 0.744. The molecule has 0 spiro atoms. The van der Waals surface area contributed by atoms with Gasteiger partial charge < -0.3 is 19.4 Å². The number of aromatic nitrogens is 5. The molecule has 2 N–H and O–H groups in total. The molecule has 3 aromatic heterocycles. The van der Waals surface area contributed by atoms with Crippen LogP contribution in [0.5, 0.6) is 0 Å². The minimum atomic E-state index is -0.413. The molecule has 0 bridgehead atoms. The van der Waals surface area contributed by atoms with Gasteiger partial charge in [0.25, 0.3) is 5.91 Å². The molecule has 0 aromatic carbocycles. The summed E-state index contributed by atoms with van der Waals surface area (Å²) in [6.45, 7) is 0.567. The molecule has 1 aliphatic heterocycles. The number of aromatic amines is 2. The Hall–Kier alpha value is -3.23. The Kier molecular flexibility index (Phi) is 3.45. The molecule has 4 heterocycles. The van der Waals surface area contributed by atoms with E-state index in [1.807, 2.05) is 6.07 Å². The highest BCUT2D eigenvalue weighted by Gasteiger charge is 2.35. The van der Waals surface area contributed by atoms with Gasteiger partial charge in [-0.15, -0.1) is 0 Å². The van der Waals surface area contributed by atoms with Crippen LogP contribution >= 0.6 is 0 Å². The zero-order chi connectivity index (χ0) is 16.5. The Labute approximate surface area is 135 Å². The van der Waals surface area contributed by atoms with E-state index in [0.29, 0.717) is 24.0 Å².